The highest BCUT2D eigenvalue weighted by atomic mass is 32.2. The molecule has 1 aromatic carbocycles. The number of hydrogen-bond donors (Lipinski definition) is 1. The van der Waals surface area contributed by atoms with E-state index in [2.05, 4.69) is 4.90 Å². The van der Waals surface area contributed by atoms with Gasteiger partial charge in [-0.3, -0.25) is 0 Å². The molecule has 106 valence electrons. The third-order valence-electron chi connectivity index (χ3n) is 3.50. The molecule has 0 aliphatic carbocycles. The van der Waals surface area contributed by atoms with Gasteiger partial charge in [0.25, 0.3) is 0 Å². The molecular weight excluding hydrogens is 262 g/mol. The van der Waals surface area contributed by atoms with Gasteiger partial charge in [-0.1, -0.05) is 6.07 Å². The predicted molar refractivity (Wildman–Crippen MR) is 77.8 cm³/mol. The highest BCUT2D eigenvalue weighted by Crippen LogP contribution is 2.32. The molecule has 1 heterocycles. The summed E-state index contributed by atoms with van der Waals surface area (Å²) in [6, 6.07) is 5.23. The van der Waals surface area contributed by atoms with E-state index in [1.807, 2.05) is 6.07 Å². The molecule has 1 aliphatic rings. The summed E-state index contributed by atoms with van der Waals surface area (Å²) >= 11 is 0. The van der Waals surface area contributed by atoms with Crippen LogP contribution in [0.1, 0.15) is 19.3 Å². The van der Waals surface area contributed by atoms with Crippen molar-refractivity contribution in [3.63, 3.8) is 0 Å². The van der Waals surface area contributed by atoms with Gasteiger partial charge in [0, 0.05) is 27.2 Å². The monoisotopic (exact) mass is 283 g/mol. The molecule has 0 unspecified atom stereocenters. The number of nitrogen functional groups attached to an aromatic ring is 1. The summed E-state index contributed by atoms with van der Waals surface area (Å²) in [6.07, 6.45) is 3.49. The van der Waals surface area contributed by atoms with Crippen LogP contribution < -0.4 is 10.6 Å². The second-order valence-corrected chi connectivity index (χ2v) is 7.14. The normalized spacial score (nSPS) is 16.9. The molecule has 1 aliphatic heterocycles. The smallest absolute Gasteiger partial charge is 0.244 e. The molecule has 0 aromatic heterocycles. The molecule has 0 atom stereocenters. The van der Waals surface area contributed by atoms with Gasteiger partial charge in [0.1, 0.15) is 4.90 Å². The lowest BCUT2D eigenvalue weighted by atomic mass is 10.1. The first-order valence-corrected chi connectivity index (χ1v) is 7.94. The van der Waals surface area contributed by atoms with Crippen LogP contribution in [-0.4, -0.2) is 39.9 Å². The first kappa shape index (κ1) is 14.1. The molecule has 19 heavy (non-hydrogen) atoms. The van der Waals surface area contributed by atoms with E-state index in [1.54, 1.807) is 12.1 Å². The Morgan fingerprint density at radius 2 is 1.79 bits per heavy atom. The summed E-state index contributed by atoms with van der Waals surface area (Å²) in [5, 5.41) is 0. The Labute approximate surface area is 115 Å². The number of nitrogens with zero attached hydrogens (tertiary/aromatic N) is 2. The lowest BCUT2D eigenvalue weighted by Crippen LogP contribution is -2.31. The van der Waals surface area contributed by atoms with Gasteiger partial charge in [-0.05, 0) is 31.4 Å². The van der Waals surface area contributed by atoms with Crippen molar-refractivity contribution in [1.29, 1.82) is 0 Å². The van der Waals surface area contributed by atoms with Crippen LogP contribution in [-0.2, 0) is 10.0 Å². The van der Waals surface area contributed by atoms with Crippen LogP contribution in [0.15, 0.2) is 23.1 Å². The predicted octanol–water partition coefficient (Wildman–Crippen LogP) is 1.51. The Balaban J connectivity index is 2.43. The number of sulfonamides is 1. The van der Waals surface area contributed by atoms with Gasteiger partial charge >= 0.3 is 0 Å². The Kier molecular flexibility index (Phi) is 4.01. The zero-order chi connectivity index (χ0) is 14.0. The number of anilines is 2. The standard InChI is InChI=1S/C13H21N3O2S/c1-15(2)19(17,18)12-8-6-7-11(13(12)14)16-9-4-3-5-10-16/h6-8H,3-5,9-10,14H2,1-2H3. The van der Waals surface area contributed by atoms with Crippen molar-refractivity contribution < 1.29 is 8.42 Å². The second-order valence-electron chi connectivity index (χ2n) is 5.02. The Morgan fingerprint density at radius 3 is 2.37 bits per heavy atom. The van der Waals surface area contributed by atoms with Crippen LogP contribution in [0.2, 0.25) is 0 Å². The van der Waals surface area contributed by atoms with Gasteiger partial charge in [0.05, 0.1) is 11.4 Å². The topological polar surface area (TPSA) is 66.6 Å². The third kappa shape index (κ3) is 2.69. The van der Waals surface area contributed by atoms with Crippen LogP contribution in [0.3, 0.4) is 0 Å². The lowest BCUT2D eigenvalue weighted by molar-refractivity contribution is 0.521. The number of para-hydroxylation sites is 1. The minimum Gasteiger partial charge on any atom is -0.396 e. The van der Waals surface area contributed by atoms with E-state index in [4.69, 9.17) is 5.73 Å². The first-order chi connectivity index (χ1) is 8.94. The van der Waals surface area contributed by atoms with Crippen molar-refractivity contribution in [2.75, 3.05) is 37.8 Å². The second kappa shape index (κ2) is 5.38. The van der Waals surface area contributed by atoms with Gasteiger partial charge in [0.15, 0.2) is 0 Å². The molecule has 0 bridgehead atoms. The SMILES string of the molecule is CN(C)S(=O)(=O)c1cccc(N2CCCCC2)c1N. The number of piperidine rings is 1. The fraction of sp³-hybridized carbons (Fsp3) is 0.538. The fourth-order valence-corrected chi connectivity index (χ4v) is 3.39. The molecule has 2 N–H and O–H groups in total. The van der Waals surface area contributed by atoms with Crippen LogP contribution >= 0.6 is 0 Å². The van der Waals surface area contributed by atoms with Crippen molar-refractivity contribution in [2.45, 2.75) is 24.2 Å². The highest BCUT2D eigenvalue weighted by molar-refractivity contribution is 7.89. The third-order valence-corrected chi connectivity index (χ3v) is 5.37. The minimum absolute atomic E-state index is 0.195. The van der Waals surface area contributed by atoms with E-state index in [9.17, 15) is 8.42 Å². The molecule has 0 spiro atoms. The van der Waals surface area contributed by atoms with Gasteiger partial charge in [0.2, 0.25) is 10.0 Å². The van der Waals surface area contributed by atoms with Crippen molar-refractivity contribution >= 4 is 21.4 Å². The Bertz CT molecular complexity index is 549. The summed E-state index contributed by atoms with van der Waals surface area (Å²) in [5.41, 5.74) is 7.29. The van der Waals surface area contributed by atoms with Gasteiger partial charge in [-0.15, -0.1) is 0 Å². The van der Waals surface area contributed by atoms with E-state index >= 15 is 0 Å². The van der Waals surface area contributed by atoms with Gasteiger partial charge in [-0.25, -0.2) is 12.7 Å². The van der Waals surface area contributed by atoms with E-state index in [-0.39, 0.29) is 4.90 Å². The fourth-order valence-electron chi connectivity index (χ4n) is 2.36. The molecule has 1 saturated heterocycles. The number of nitrogens with two attached hydrogens (primary N) is 1. The summed E-state index contributed by atoms with van der Waals surface area (Å²) in [5.74, 6) is 0. The summed E-state index contributed by atoms with van der Waals surface area (Å²) in [7, 11) is -0.455. The van der Waals surface area contributed by atoms with Crippen LogP contribution in [0.25, 0.3) is 0 Å². The quantitative estimate of drug-likeness (QED) is 0.854. The molecule has 0 amide bonds. The molecule has 1 fully saturated rings. The maximum atomic E-state index is 12.2. The molecule has 0 radical (unpaired) electrons. The van der Waals surface area contributed by atoms with Crippen LogP contribution in [0.4, 0.5) is 11.4 Å². The highest BCUT2D eigenvalue weighted by Gasteiger charge is 2.23. The molecule has 1 aromatic rings. The summed E-state index contributed by atoms with van der Waals surface area (Å²) in [4.78, 5) is 2.37. The molecule has 6 heteroatoms. The average molecular weight is 283 g/mol. The lowest BCUT2D eigenvalue weighted by Gasteiger charge is -2.30. The van der Waals surface area contributed by atoms with Gasteiger partial charge < -0.3 is 10.6 Å². The van der Waals surface area contributed by atoms with E-state index in [0.29, 0.717) is 5.69 Å². The number of benzene rings is 1. The molecule has 2 rings (SSSR count). The Morgan fingerprint density at radius 1 is 1.16 bits per heavy atom. The largest absolute Gasteiger partial charge is 0.396 e. The zero-order valence-corrected chi connectivity index (χ0v) is 12.3. The van der Waals surface area contributed by atoms with Gasteiger partial charge in [-0.2, -0.15) is 0 Å². The zero-order valence-electron chi connectivity index (χ0n) is 11.5. The van der Waals surface area contributed by atoms with Crippen molar-refractivity contribution in [3.8, 4) is 0 Å². The first-order valence-electron chi connectivity index (χ1n) is 6.50. The van der Waals surface area contributed by atoms with Crippen molar-refractivity contribution in [3.05, 3.63) is 18.2 Å². The van der Waals surface area contributed by atoms with Crippen molar-refractivity contribution in [1.82, 2.24) is 4.31 Å². The van der Waals surface area contributed by atoms with E-state index < -0.39 is 10.0 Å². The summed E-state index contributed by atoms with van der Waals surface area (Å²) in [6.45, 7) is 1.88. The maximum Gasteiger partial charge on any atom is 0.244 e. The number of hydrogen-bond acceptors (Lipinski definition) is 4. The number of rotatable bonds is 3. The molecule has 0 saturated carbocycles. The van der Waals surface area contributed by atoms with E-state index in [0.717, 1.165) is 31.6 Å². The molecule has 5 nitrogen and oxygen atoms in total. The van der Waals surface area contributed by atoms with Crippen LogP contribution in [0, 0.1) is 0 Å². The Hall–Kier alpha value is -1.27. The average Bonchev–Trinajstić information content (AvgIpc) is 2.39. The van der Waals surface area contributed by atoms with Crippen molar-refractivity contribution in [2.24, 2.45) is 0 Å². The minimum atomic E-state index is -3.49. The van der Waals surface area contributed by atoms with E-state index in [1.165, 1.54) is 24.8 Å². The summed E-state index contributed by atoms with van der Waals surface area (Å²) < 4.78 is 25.6. The van der Waals surface area contributed by atoms with Crippen LogP contribution in [0.5, 0.6) is 0 Å². The maximum absolute atomic E-state index is 12.2. The molecular formula is C13H21N3O2S.